The Morgan fingerprint density at radius 3 is 1.08 bits per heavy atom. The molecule has 0 aromatic rings. The molecule has 2 nitrogen and oxygen atoms in total. The number of nitrogens with one attached hydrogen (secondary N) is 1. The van der Waals surface area contributed by atoms with E-state index < -0.39 is 47.0 Å². The van der Waals surface area contributed by atoms with Crippen molar-refractivity contribution in [2.75, 3.05) is 0 Å². The molecule has 25 heavy (non-hydrogen) atoms. The third-order valence-electron chi connectivity index (χ3n) is 2.40. The second-order valence-corrected chi connectivity index (χ2v) is 3.95. The Hall–Kier alpha value is -1.29. The van der Waals surface area contributed by atoms with E-state index in [1.165, 1.54) is 0 Å². The molecule has 0 atom stereocenters. The summed E-state index contributed by atoms with van der Waals surface area (Å²) in [5.74, 6) is -43.6. The van der Waals surface area contributed by atoms with Crippen molar-refractivity contribution in [2.24, 2.45) is 0 Å². The van der Waals surface area contributed by atoms with Crippen LogP contribution in [-0.4, -0.2) is 47.0 Å². The van der Waals surface area contributed by atoms with Gasteiger partial charge in [0.1, 0.15) is 0 Å². The monoisotopic (exact) mass is 434 g/mol. The third kappa shape index (κ3) is 3.38. The van der Waals surface area contributed by atoms with Crippen LogP contribution in [-0.2, 0) is 0 Å². The van der Waals surface area contributed by atoms with Gasteiger partial charge in [-0.25, -0.2) is 0 Å². The summed E-state index contributed by atoms with van der Waals surface area (Å²) in [6, 6.07) is 0. The van der Waals surface area contributed by atoms with Crippen molar-refractivity contribution in [2.45, 2.75) is 35.8 Å². The zero-order valence-electron chi connectivity index (χ0n) is 10.5. The molecule has 0 aliphatic heterocycles. The minimum Gasteiger partial charge on any atom is -0.278 e. The van der Waals surface area contributed by atoms with E-state index in [0.717, 1.165) is 0 Å². The molecule has 152 valence electrons. The van der Waals surface area contributed by atoms with Crippen molar-refractivity contribution in [1.82, 2.24) is 5.34 Å². The second kappa shape index (κ2) is 6.46. The molecule has 18 heteroatoms. The van der Waals surface area contributed by atoms with Crippen molar-refractivity contribution in [3.63, 3.8) is 0 Å². The van der Waals surface area contributed by atoms with Crippen LogP contribution in [0.5, 0.6) is 0 Å². The molecule has 0 spiro atoms. The van der Waals surface area contributed by atoms with E-state index in [2.05, 4.69) is 0 Å². The van der Waals surface area contributed by atoms with Crippen molar-refractivity contribution >= 4 is 18.2 Å². The number of hydrogen-bond donors (Lipinski definition) is 1. The SMILES string of the molecule is Cl.N=C(N(F)F)C(F)(F)C(F)(F)C(F)(F)C(F)(F)C(F)(F)C(F)(F)F. The van der Waals surface area contributed by atoms with Gasteiger partial charge in [-0.2, -0.15) is 57.1 Å². The average Bonchev–Trinajstić information content (AvgIpc) is 2.35. The first kappa shape index (κ1) is 25.9. The van der Waals surface area contributed by atoms with Crippen molar-refractivity contribution in [1.29, 1.82) is 5.41 Å². The van der Waals surface area contributed by atoms with Gasteiger partial charge in [-0.15, -0.1) is 12.4 Å². The Morgan fingerprint density at radius 1 is 0.560 bits per heavy atom. The molecule has 0 radical (unpaired) electrons. The summed E-state index contributed by atoms with van der Waals surface area (Å²) < 4.78 is 185. The van der Waals surface area contributed by atoms with Crippen LogP contribution in [0.2, 0.25) is 0 Å². The summed E-state index contributed by atoms with van der Waals surface area (Å²) in [5.41, 5.74) is 0. The summed E-state index contributed by atoms with van der Waals surface area (Å²) in [4.78, 5) is 0. The minimum atomic E-state index is -8.20. The number of alkyl halides is 13. The maximum atomic E-state index is 12.8. The largest absolute Gasteiger partial charge is 0.460 e. The van der Waals surface area contributed by atoms with Crippen LogP contribution < -0.4 is 0 Å². The third-order valence-corrected chi connectivity index (χ3v) is 2.40. The van der Waals surface area contributed by atoms with E-state index in [0.29, 0.717) is 0 Å². The quantitative estimate of drug-likeness (QED) is 0.274. The number of rotatable bonds is 5. The van der Waals surface area contributed by atoms with E-state index in [-0.39, 0.29) is 12.4 Å². The fourth-order valence-electron chi connectivity index (χ4n) is 1.02. The second-order valence-electron chi connectivity index (χ2n) is 3.95. The van der Waals surface area contributed by atoms with Crippen molar-refractivity contribution < 1.29 is 66.0 Å². The molecule has 1 N–H and O–H groups in total. The van der Waals surface area contributed by atoms with Gasteiger partial charge in [0.25, 0.3) is 0 Å². The standard InChI is InChI=1S/C7HF15N2.ClH/c8-2(9,1(23)24(21)22)3(10,11)4(12,13)5(14,15)6(16,17)7(18,19)20;/h23H;1H. The van der Waals surface area contributed by atoms with Crippen LogP contribution in [0.15, 0.2) is 0 Å². The summed E-state index contributed by atoms with van der Waals surface area (Å²) in [5, 5.41) is 2.46. The Bertz CT molecular complexity index is 495. The zero-order chi connectivity index (χ0) is 20.2. The van der Waals surface area contributed by atoms with Crippen LogP contribution >= 0.6 is 12.4 Å². The van der Waals surface area contributed by atoms with Crippen LogP contribution in [0.25, 0.3) is 0 Å². The molecule has 0 unspecified atom stereocenters. The number of hydrogen-bond acceptors (Lipinski definition) is 1. The first-order chi connectivity index (χ1) is 10.1. The minimum absolute atomic E-state index is 0. The molecule has 0 saturated carbocycles. The summed E-state index contributed by atoms with van der Waals surface area (Å²) in [7, 11) is 0. The van der Waals surface area contributed by atoms with Crippen molar-refractivity contribution in [3.8, 4) is 0 Å². The van der Waals surface area contributed by atoms with Gasteiger partial charge in [-0.1, -0.05) is 8.96 Å². The molecule has 0 fully saturated rings. The smallest absolute Gasteiger partial charge is 0.278 e. The molecule has 0 bridgehead atoms. The predicted octanol–water partition coefficient (Wildman–Crippen LogP) is 5.20. The normalized spacial score (nSPS) is 14.8. The lowest BCUT2D eigenvalue weighted by Crippen LogP contribution is -2.71. The van der Waals surface area contributed by atoms with E-state index >= 15 is 0 Å². The highest BCUT2D eigenvalue weighted by molar-refractivity contribution is 5.86. The van der Waals surface area contributed by atoms with Gasteiger partial charge in [-0.3, -0.25) is 5.41 Å². The van der Waals surface area contributed by atoms with E-state index in [9.17, 15) is 66.0 Å². The Labute approximate surface area is 132 Å². The summed E-state index contributed by atoms with van der Waals surface area (Å²) >= 11 is 0. The van der Waals surface area contributed by atoms with Gasteiger partial charge < -0.3 is 0 Å². The number of nitrogens with zero attached hydrogens (tertiary/aromatic N) is 1. The maximum absolute atomic E-state index is 12.8. The van der Waals surface area contributed by atoms with E-state index in [1.807, 2.05) is 0 Å². The van der Waals surface area contributed by atoms with Crippen LogP contribution in [0.3, 0.4) is 0 Å². The highest BCUT2D eigenvalue weighted by atomic mass is 35.5. The highest BCUT2D eigenvalue weighted by Gasteiger charge is 2.91. The Balaban J connectivity index is 0. The van der Waals surface area contributed by atoms with Crippen LogP contribution in [0.4, 0.5) is 66.0 Å². The van der Waals surface area contributed by atoms with Crippen molar-refractivity contribution in [3.05, 3.63) is 0 Å². The lowest BCUT2D eigenvalue weighted by Gasteiger charge is -2.39. The highest BCUT2D eigenvalue weighted by Crippen LogP contribution is 2.60. The first-order valence-corrected chi connectivity index (χ1v) is 4.77. The molecule has 0 aliphatic carbocycles. The molecule has 0 aliphatic rings. The molecule has 0 aromatic carbocycles. The first-order valence-electron chi connectivity index (χ1n) is 4.77. The number of halogens is 16. The van der Waals surface area contributed by atoms with E-state index in [1.54, 1.807) is 0 Å². The van der Waals surface area contributed by atoms with Gasteiger partial charge in [-0.05, 0) is 5.34 Å². The number of amidine groups is 1. The molecule has 0 aromatic heterocycles. The molecular weight excluding hydrogens is 433 g/mol. The van der Waals surface area contributed by atoms with E-state index in [4.69, 9.17) is 5.41 Å². The topological polar surface area (TPSA) is 27.1 Å². The van der Waals surface area contributed by atoms with Crippen LogP contribution in [0.1, 0.15) is 0 Å². The average molecular weight is 435 g/mol. The fraction of sp³-hybridized carbons (Fsp3) is 0.857. The van der Waals surface area contributed by atoms with Gasteiger partial charge >= 0.3 is 35.8 Å². The predicted molar refractivity (Wildman–Crippen MR) is 49.8 cm³/mol. The van der Waals surface area contributed by atoms with Gasteiger partial charge in [0.15, 0.2) is 0 Å². The Morgan fingerprint density at radius 2 is 0.840 bits per heavy atom. The summed E-state index contributed by atoms with van der Waals surface area (Å²) in [6.07, 6.45) is -7.59. The van der Waals surface area contributed by atoms with Crippen LogP contribution in [0, 0.1) is 5.41 Å². The summed E-state index contributed by atoms with van der Waals surface area (Å²) in [6.45, 7) is 0. The molecular formula is C7H2ClF15N2. The van der Waals surface area contributed by atoms with Gasteiger partial charge in [0.05, 0.1) is 0 Å². The fourth-order valence-corrected chi connectivity index (χ4v) is 1.02. The zero-order valence-corrected chi connectivity index (χ0v) is 11.3. The molecule has 0 amide bonds. The molecule has 0 heterocycles. The lowest BCUT2D eigenvalue weighted by molar-refractivity contribution is -0.435. The van der Waals surface area contributed by atoms with Gasteiger partial charge in [0, 0.05) is 0 Å². The van der Waals surface area contributed by atoms with Gasteiger partial charge in [0.2, 0.25) is 5.84 Å². The molecule has 0 saturated heterocycles. The lowest BCUT2D eigenvalue weighted by atomic mass is 9.93. The maximum Gasteiger partial charge on any atom is 0.460 e. The molecule has 0 rings (SSSR count). The Kier molecular flexibility index (Phi) is 6.70.